The first kappa shape index (κ1) is 16.1. The predicted molar refractivity (Wildman–Crippen MR) is 91.5 cm³/mol. The maximum absolute atomic E-state index is 12.1. The molecule has 1 N–H and O–H groups in total. The average molecular weight is 389 g/mol. The third-order valence-electron chi connectivity index (χ3n) is 3.47. The van der Waals surface area contributed by atoms with Gasteiger partial charge in [0.15, 0.2) is 0 Å². The second kappa shape index (κ2) is 6.79. The van der Waals surface area contributed by atoms with E-state index in [1.54, 1.807) is 18.2 Å². The monoisotopic (exact) mass is 388 g/mol. The zero-order valence-corrected chi connectivity index (χ0v) is 14.1. The van der Waals surface area contributed by atoms with Crippen LogP contribution in [0.2, 0.25) is 0 Å². The molecule has 0 saturated carbocycles. The summed E-state index contributed by atoms with van der Waals surface area (Å²) in [6, 6.07) is 9.98. The Morgan fingerprint density at radius 2 is 2.04 bits per heavy atom. The lowest BCUT2D eigenvalue weighted by molar-refractivity contribution is -0.385. The highest BCUT2D eigenvalue weighted by atomic mass is 79.9. The fourth-order valence-corrected chi connectivity index (χ4v) is 2.72. The Labute approximate surface area is 145 Å². The number of amides is 1. The summed E-state index contributed by atoms with van der Waals surface area (Å²) in [7, 11) is 0. The third kappa shape index (κ3) is 3.60. The first-order valence-electron chi connectivity index (χ1n) is 7.15. The number of nitro groups is 1. The number of carbonyl (C=O) groups excluding carboxylic acids is 1. The minimum absolute atomic E-state index is 0.0456. The van der Waals surface area contributed by atoms with Crippen molar-refractivity contribution in [2.45, 2.75) is 13.0 Å². The molecule has 0 spiro atoms. The molecule has 0 atom stereocenters. The Kier molecular flexibility index (Phi) is 4.57. The number of carbonyl (C=O) groups is 1. The van der Waals surface area contributed by atoms with Gasteiger partial charge in [-0.2, -0.15) is 0 Å². The molecular weight excluding hydrogens is 376 g/mol. The van der Waals surface area contributed by atoms with Gasteiger partial charge in [0.2, 0.25) is 5.91 Å². The van der Waals surface area contributed by atoms with E-state index in [1.807, 2.05) is 28.9 Å². The van der Waals surface area contributed by atoms with Gasteiger partial charge in [0.1, 0.15) is 5.65 Å². The SMILES string of the molecule is O=C(Cc1ccccc1[N+](=O)[O-])NCc1cn2cc(Br)ccc2n1. The van der Waals surface area contributed by atoms with Crippen molar-refractivity contribution in [1.82, 2.24) is 14.7 Å². The third-order valence-corrected chi connectivity index (χ3v) is 3.94. The van der Waals surface area contributed by atoms with Crippen LogP contribution >= 0.6 is 15.9 Å². The number of fused-ring (bicyclic) bond motifs is 1. The highest BCUT2D eigenvalue weighted by molar-refractivity contribution is 9.10. The van der Waals surface area contributed by atoms with Gasteiger partial charge in [0.05, 0.1) is 23.6 Å². The number of imidazole rings is 1. The molecule has 3 rings (SSSR count). The highest BCUT2D eigenvalue weighted by Crippen LogP contribution is 2.18. The van der Waals surface area contributed by atoms with Gasteiger partial charge < -0.3 is 9.72 Å². The largest absolute Gasteiger partial charge is 0.350 e. The maximum Gasteiger partial charge on any atom is 0.273 e. The Morgan fingerprint density at radius 3 is 2.83 bits per heavy atom. The van der Waals surface area contributed by atoms with Crippen LogP contribution in [-0.4, -0.2) is 20.2 Å². The number of hydrogen-bond acceptors (Lipinski definition) is 4. The summed E-state index contributed by atoms with van der Waals surface area (Å²) in [5.41, 5.74) is 1.83. The molecule has 2 heterocycles. The maximum atomic E-state index is 12.1. The van der Waals surface area contributed by atoms with E-state index in [0.29, 0.717) is 11.3 Å². The molecule has 122 valence electrons. The number of halogens is 1. The molecule has 0 fully saturated rings. The number of nitrogens with zero attached hydrogens (tertiary/aromatic N) is 3. The molecule has 2 aromatic heterocycles. The van der Waals surface area contributed by atoms with Crippen LogP contribution in [0.4, 0.5) is 5.69 Å². The highest BCUT2D eigenvalue weighted by Gasteiger charge is 2.15. The van der Waals surface area contributed by atoms with Crippen LogP contribution in [0.5, 0.6) is 0 Å². The van der Waals surface area contributed by atoms with Gasteiger partial charge in [-0.1, -0.05) is 18.2 Å². The Balaban J connectivity index is 1.66. The molecule has 1 aromatic carbocycles. The van der Waals surface area contributed by atoms with Crippen molar-refractivity contribution in [1.29, 1.82) is 0 Å². The molecule has 0 bridgehead atoms. The molecule has 24 heavy (non-hydrogen) atoms. The number of nitrogens with one attached hydrogen (secondary N) is 1. The van der Waals surface area contributed by atoms with E-state index in [-0.39, 0.29) is 24.6 Å². The fourth-order valence-electron chi connectivity index (χ4n) is 2.37. The molecule has 0 aliphatic rings. The lowest BCUT2D eigenvalue weighted by atomic mass is 10.1. The van der Waals surface area contributed by atoms with Crippen LogP contribution in [0.15, 0.2) is 53.3 Å². The smallest absolute Gasteiger partial charge is 0.273 e. The summed E-state index contributed by atoms with van der Waals surface area (Å²) < 4.78 is 2.78. The van der Waals surface area contributed by atoms with Crippen molar-refractivity contribution in [3.63, 3.8) is 0 Å². The van der Waals surface area contributed by atoms with Crippen molar-refractivity contribution >= 4 is 33.2 Å². The second-order valence-corrected chi connectivity index (χ2v) is 6.10. The van der Waals surface area contributed by atoms with Crippen molar-refractivity contribution in [2.75, 3.05) is 0 Å². The summed E-state index contributed by atoms with van der Waals surface area (Å²) in [5, 5.41) is 13.7. The molecule has 0 unspecified atom stereocenters. The number of benzene rings is 1. The number of aromatic nitrogens is 2. The summed E-state index contributed by atoms with van der Waals surface area (Å²) >= 11 is 3.39. The van der Waals surface area contributed by atoms with Crippen molar-refractivity contribution in [3.05, 3.63) is 74.6 Å². The van der Waals surface area contributed by atoms with Crippen LogP contribution in [0, 0.1) is 10.1 Å². The number of hydrogen-bond donors (Lipinski definition) is 1. The number of pyridine rings is 1. The van der Waals surface area contributed by atoms with Crippen molar-refractivity contribution < 1.29 is 9.72 Å². The number of nitro benzene ring substituents is 1. The van der Waals surface area contributed by atoms with Gasteiger partial charge in [-0.05, 0) is 28.1 Å². The molecule has 0 saturated heterocycles. The van der Waals surface area contributed by atoms with E-state index in [9.17, 15) is 14.9 Å². The van der Waals surface area contributed by atoms with Gasteiger partial charge in [0.25, 0.3) is 5.69 Å². The molecular formula is C16H13BrN4O3. The quantitative estimate of drug-likeness (QED) is 0.537. The Hall–Kier alpha value is -2.74. The molecule has 3 aromatic rings. The van der Waals surface area contributed by atoms with Crippen molar-refractivity contribution in [3.8, 4) is 0 Å². The van der Waals surface area contributed by atoms with Gasteiger partial charge in [-0.3, -0.25) is 14.9 Å². The van der Waals surface area contributed by atoms with Gasteiger partial charge in [-0.15, -0.1) is 0 Å². The summed E-state index contributed by atoms with van der Waals surface area (Å²) in [6.07, 6.45) is 3.66. The minimum Gasteiger partial charge on any atom is -0.350 e. The molecule has 8 heteroatoms. The summed E-state index contributed by atoms with van der Waals surface area (Å²) in [6.45, 7) is 0.263. The van der Waals surface area contributed by atoms with Gasteiger partial charge in [-0.25, -0.2) is 4.98 Å². The van der Waals surface area contributed by atoms with Crippen LogP contribution in [0.25, 0.3) is 5.65 Å². The number of para-hydroxylation sites is 1. The molecule has 0 aliphatic carbocycles. The zero-order valence-electron chi connectivity index (χ0n) is 12.5. The molecule has 1 amide bonds. The van der Waals surface area contributed by atoms with Gasteiger partial charge >= 0.3 is 0 Å². The predicted octanol–water partition coefficient (Wildman–Crippen LogP) is 2.86. The lowest BCUT2D eigenvalue weighted by Gasteiger charge is -2.04. The summed E-state index contributed by atoms with van der Waals surface area (Å²) in [5.74, 6) is -0.289. The van der Waals surface area contributed by atoms with Crippen LogP contribution in [0.1, 0.15) is 11.3 Å². The zero-order chi connectivity index (χ0) is 17.1. The van der Waals surface area contributed by atoms with E-state index in [0.717, 1.165) is 10.1 Å². The summed E-state index contributed by atoms with van der Waals surface area (Å²) in [4.78, 5) is 26.9. The van der Waals surface area contributed by atoms with Crippen LogP contribution in [-0.2, 0) is 17.8 Å². The first-order valence-corrected chi connectivity index (χ1v) is 7.94. The van der Waals surface area contributed by atoms with E-state index in [4.69, 9.17) is 0 Å². The van der Waals surface area contributed by atoms with Crippen LogP contribution < -0.4 is 5.32 Å². The number of rotatable bonds is 5. The average Bonchev–Trinajstić information content (AvgIpc) is 2.95. The molecule has 7 nitrogen and oxygen atoms in total. The van der Waals surface area contributed by atoms with E-state index in [2.05, 4.69) is 26.2 Å². The fraction of sp³-hybridized carbons (Fsp3) is 0.125. The van der Waals surface area contributed by atoms with E-state index >= 15 is 0 Å². The van der Waals surface area contributed by atoms with Crippen LogP contribution in [0.3, 0.4) is 0 Å². The van der Waals surface area contributed by atoms with Crippen molar-refractivity contribution in [2.24, 2.45) is 0 Å². The Bertz CT molecular complexity index is 923. The van der Waals surface area contributed by atoms with E-state index in [1.165, 1.54) is 6.07 Å². The normalized spacial score (nSPS) is 10.7. The molecule has 0 aliphatic heterocycles. The van der Waals surface area contributed by atoms with E-state index < -0.39 is 4.92 Å². The first-order chi connectivity index (χ1) is 11.5. The lowest BCUT2D eigenvalue weighted by Crippen LogP contribution is -2.25. The molecule has 0 radical (unpaired) electrons. The Morgan fingerprint density at radius 1 is 1.25 bits per heavy atom. The standard InChI is InChI=1S/C16H13BrN4O3/c17-12-5-6-15-19-13(10-20(15)9-12)8-18-16(22)7-11-3-1-2-4-14(11)21(23)24/h1-6,9-10H,7-8H2,(H,18,22). The second-order valence-electron chi connectivity index (χ2n) is 5.18. The van der Waals surface area contributed by atoms with Gasteiger partial charge in [0, 0.05) is 28.5 Å². The minimum atomic E-state index is -0.484. The topological polar surface area (TPSA) is 89.5 Å².